The molecule has 1 unspecified atom stereocenters. The number of nitrogens with two attached hydrogens (primary N) is 1. The Morgan fingerprint density at radius 2 is 1.75 bits per heavy atom. The molecule has 0 radical (unpaired) electrons. The summed E-state index contributed by atoms with van der Waals surface area (Å²) in [5.74, 6) is -0.296. The van der Waals surface area contributed by atoms with Crippen LogP contribution in [0, 0.1) is 6.92 Å². The number of hydrogen-bond donors (Lipinski definition) is 1. The van der Waals surface area contributed by atoms with Crippen LogP contribution in [-0.4, -0.2) is 11.3 Å². The molecule has 0 saturated heterocycles. The second kappa shape index (κ2) is 5.50. The molecule has 0 bridgehead atoms. The molecule has 1 aromatic carbocycles. The minimum Gasteiger partial charge on any atom is -0.405 e. The van der Waals surface area contributed by atoms with Crippen LogP contribution < -0.4 is 10.5 Å². The van der Waals surface area contributed by atoms with Crippen molar-refractivity contribution >= 4 is 0 Å². The standard InChI is InChI=1S/C14H13F3N2O/c1-9-10(6-4-8-19-9)13(18)11-5-2-3-7-12(11)20-14(15,16)17/h2-8,13H,18H2,1H3. The summed E-state index contributed by atoms with van der Waals surface area (Å²) in [4.78, 5) is 4.09. The first kappa shape index (κ1) is 14.3. The minimum atomic E-state index is -4.75. The number of alkyl halides is 3. The molecule has 106 valence electrons. The Labute approximate surface area is 114 Å². The van der Waals surface area contributed by atoms with Gasteiger partial charge in [-0.15, -0.1) is 13.2 Å². The van der Waals surface area contributed by atoms with Crippen LogP contribution in [0.4, 0.5) is 13.2 Å². The topological polar surface area (TPSA) is 48.1 Å². The summed E-state index contributed by atoms with van der Waals surface area (Å²) in [7, 11) is 0. The quantitative estimate of drug-likeness (QED) is 0.939. The van der Waals surface area contributed by atoms with Crippen molar-refractivity contribution in [2.45, 2.75) is 19.3 Å². The highest BCUT2D eigenvalue weighted by Crippen LogP contribution is 2.32. The highest BCUT2D eigenvalue weighted by atomic mass is 19.4. The molecule has 6 heteroatoms. The van der Waals surface area contributed by atoms with Gasteiger partial charge in [0, 0.05) is 17.5 Å². The van der Waals surface area contributed by atoms with Gasteiger partial charge < -0.3 is 10.5 Å². The normalized spacial score (nSPS) is 13.1. The van der Waals surface area contributed by atoms with Crippen LogP contribution in [-0.2, 0) is 0 Å². The second-order valence-electron chi connectivity index (χ2n) is 4.24. The van der Waals surface area contributed by atoms with E-state index in [1.165, 1.54) is 18.2 Å². The Balaban J connectivity index is 2.40. The van der Waals surface area contributed by atoms with Gasteiger partial charge in [-0.3, -0.25) is 4.98 Å². The van der Waals surface area contributed by atoms with Crippen molar-refractivity contribution < 1.29 is 17.9 Å². The zero-order valence-electron chi connectivity index (χ0n) is 10.7. The van der Waals surface area contributed by atoms with E-state index in [0.717, 1.165) is 0 Å². The Bertz CT molecular complexity index is 599. The van der Waals surface area contributed by atoms with Crippen LogP contribution in [0.25, 0.3) is 0 Å². The van der Waals surface area contributed by atoms with E-state index in [9.17, 15) is 13.2 Å². The van der Waals surface area contributed by atoms with E-state index < -0.39 is 12.4 Å². The van der Waals surface area contributed by atoms with Gasteiger partial charge in [0.25, 0.3) is 0 Å². The smallest absolute Gasteiger partial charge is 0.405 e. The lowest BCUT2D eigenvalue weighted by Gasteiger charge is -2.19. The highest BCUT2D eigenvalue weighted by molar-refractivity contribution is 5.42. The number of para-hydroxylation sites is 1. The first-order valence-corrected chi connectivity index (χ1v) is 5.90. The minimum absolute atomic E-state index is 0.265. The highest BCUT2D eigenvalue weighted by Gasteiger charge is 2.32. The largest absolute Gasteiger partial charge is 0.573 e. The maximum absolute atomic E-state index is 12.4. The molecule has 3 nitrogen and oxygen atoms in total. The lowest BCUT2D eigenvalue weighted by molar-refractivity contribution is -0.274. The second-order valence-corrected chi connectivity index (χ2v) is 4.24. The van der Waals surface area contributed by atoms with E-state index in [2.05, 4.69) is 9.72 Å². The van der Waals surface area contributed by atoms with Crippen molar-refractivity contribution in [1.29, 1.82) is 0 Å². The predicted molar refractivity (Wildman–Crippen MR) is 68.1 cm³/mol. The molecule has 2 rings (SSSR count). The number of rotatable bonds is 3. The lowest BCUT2D eigenvalue weighted by atomic mass is 9.98. The van der Waals surface area contributed by atoms with Gasteiger partial charge >= 0.3 is 6.36 Å². The summed E-state index contributed by atoms with van der Waals surface area (Å²) in [6, 6.07) is 8.53. The van der Waals surface area contributed by atoms with Gasteiger partial charge in [-0.2, -0.15) is 0 Å². The number of benzene rings is 1. The number of hydrogen-bond acceptors (Lipinski definition) is 3. The molecule has 2 aromatic rings. The van der Waals surface area contributed by atoms with Crippen molar-refractivity contribution in [2.75, 3.05) is 0 Å². The third-order valence-electron chi connectivity index (χ3n) is 2.86. The zero-order chi connectivity index (χ0) is 14.8. The van der Waals surface area contributed by atoms with Gasteiger partial charge in [0.2, 0.25) is 0 Å². The average molecular weight is 282 g/mol. The fourth-order valence-electron chi connectivity index (χ4n) is 1.95. The number of pyridine rings is 1. The number of halogens is 3. The van der Waals surface area contributed by atoms with Gasteiger partial charge in [0.15, 0.2) is 0 Å². The zero-order valence-corrected chi connectivity index (χ0v) is 10.7. The number of ether oxygens (including phenoxy) is 1. The van der Waals surface area contributed by atoms with Crippen molar-refractivity contribution in [1.82, 2.24) is 4.98 Å². The van der Waals surface area contributed by atoms with Crippen molar-refractivity contribution in [3.05, 3.63) is 59.4 Å². The van der Waals surface area contributed by atoms with E-state index in [0.29, 0.717) is 11.3 Å². The summed E-state index contributed by atoms with van der Waals surface area (Å²) in [6.45, 7) is 1.75. The van der Waals surface area contributed by atoms with Crippen LogP contribution in [0.2, 0.25) is 0 Å². The van der Waals surface area contributed by atoms with Gasteiger partial charge in [-0.05, 0) is 24.6 Å². The molecule has 0 spiro atoms. The van der Waals surface area contributed by atoms with Crippen LogP contribution >= 0.6 is 0 Å². The number of aryl methyl sites for hydroxylation is 1. The molecule has 1 atom stereocenters. The third-order valence-corrected chi connectivity index (χ3v) is 2.86. The maximum atomic E-state index is 12.4. The molecule has 1 aromatic heterocycles. The molecule has 0 aliphatic heterocycles. The third kappa shape index (κ3) is 3.27. The number of aromatic nitrogens is 1. The van der Waals surface area contributed by atoms with Crippen LogP contribution in [0.1, 0.15) is 22.9 Å². The van der Waals surface area contributed by atoms with Crippen LogP contribution in [0.5, 0.6) is 5.75 Å². The van der Waals surface area contributed by atoms with E-state index in [1.54, 1.807) is 31.3 Å². The molecular formula is C14H13F3N2O. The molecule has 0 aliphatic carbocycles. The van der Waals surface area contributed by atoms with Gasteiger partial charge in [0.1, 0.15) is 5.75 Å². The Morgan fingerprint density at radius 3 is 2.40 bits per heavy atom. The average Bonchev–Trinajstić information content (AvgIpc) is 2.37. The summed E-state index contributed by atoms with van der Waals surface area (Å²) in [6.07, 6.45) is -3.15. The van der Waals surface area contributed by atoms with Crippen LogP contribution in [0.3, 0.4) is 0 Å². The summed E-state index contributed by atoms with van der Waals surface area (Å²) in [5.41, 5.74) is 7.64. The fraction of sp³-hybridized carbons (Fsp3) is 0.214. The van der Waals surface area contributed by atoms with Crippen molar-refractivity contribution in [2.24, 2.45) is 5.73 Å². The van der Waals surface area contributed by atoms with Gasteiger partial charge in [0.05, 0.1) is 6.04 Å². The molecule has 20 heavy (non-hydrogen) atoms. The Hall–Kier alpha value is -2.08. The van der Waals surface area contributed by atoms with E-state index in [-0.39, 0.29) is 11.3 Å². The molecule has 0 saturated carbocycles. The molecule has 0 amide bonds. The van der Waals surface area contributed by atoms with Gasteiger partial charge in [-0.1, -0.05) is 24.3 Å². The van der Waals surface area contributed by atoms with E-state index in [4.69, 9.17) is 5.73 Å². The first-order valence-electron chi connectivity index (χ1n) is 5.90. The van der Waals surface area contributed by atoms with Crippen molar-refractivity contribution in [3.63, 3.8) is 0 Å². The monoisotopic (exact) mass is 282 g/mol. The molecule has 1 heterocycles. The van der Waals surface area contributed by atoms with Crippen LogP contribution in [0.15, 0.2) is 42.6 Å². The summed E-state index contributed by atoms with van der Waals surface area (Å²) < 4.78 is 41.2. The predicted octanol–water partition coefficient (Wildman–Crippen LogP) is 3.34. The molecular weight excluding hydrogens is 269 g/mol. The maximum Gasteiger partial charge on any atom is 0.573 e. The molecule has 0 aliphatic rings. The number of nitrogens with zero attached hydrogens (tertiary/aromatic N) is 1. The Kier molecular flexibility index (Phi) is 3.94. The molecule has 2 N–H and O–H groups in total. The fourth-order valence-corrected chi connectivity index (χ4v) is 1.95. The summed E-state index contributed by atoms with van der Waals surface area (Å²) in [5, 5.41) is 0. The lowest BCUT2D eigenvalue weighted by Crippen LogP contribution is -2.21. The van der Waals surface area contributed by atoms with Crippen molar-refractivity contribution in [3.8, 4) is 5.75 Å². The van der Waals surface area contributed by atoms with Gasteiger partial charge in [-0.25, -0.2) is 0 Å². The van der Waals surface area contributed by atoms with E-state index >= 15 is 0 Å². The SMILES string of the molecule is Cc1ncccc1C(N)c1ccccc1OC(F)(F)F. The molecule has 0 fully saturated rings. The first-order chi connectivity index (χ1) is 9.38. The van der Waals surface area contributed by atoms with E-state index in [1.807, 2.05) is 0 Å². The Morgan fingerprint density at radius 1 is 1.10 bits per heavy atom. The summed E-state index contributed by atoms with van der Waals surface area (Å²) >= 11 is 0.